The van der Waals surface area contributed by atoms with Crippen molar-refractivity contribution in [3.8, 4) is 5.75 Å². The Morgan fingerprint density at radius 1 is 1.00 bits per heavy atom. The molecule has 0 saturated carbocycles. The molecule has 2 rings (SSSR count). The summed E-state index contributed by atoms with van der Waals surface area (Å²) in [4.78, 5) is 0. The minimum absolute atomic E-state index is 0.0372. The smallest absolute Gasteiger partial charge is 0.189 e. The molecule has 0 aliphatic rings. The van der Waals surface area contributed by atoms with E-state index in [9.17, 15) is 0 Å². The first kappa shape index (κ1) is 13.9. The second kappa shape index (κ2) is 7.14. The van der Waals surface area contributed by atoms with E-state index in [1.807, 2.05) is 30.3 Å². The molecular formula is C15H15ClO3. The van der Waals surface area contributed by atoms with Gasteiger partial charge in [0.1, 0.15) is 5.75 Å². The van der Waals surface area contributed by atoms with Crippen molar-refractivity contribution < 1.29 is 14.6 Å². The van der Waals surface area contributed by atoms with Gasteiger partial charge in [0.2, 0.25) is 0 Å². The van der Waals surface area contributed by atoms with Crippen LogP contribution in [0.1, 0.15) is 11.1 Å². The van der Waals surface area contributed by atoms with Gasteiger partial charge in [0.05, 0.1) is 18.2 Å². The van der Waals surface area contributed by atoms with E-state index in [1.165, 1.54) is 0 Å². The van der Waals surface area contributed by atoms with Crippen LogP contribution in [0.2, 0.25) is 5.02 Å². The maximum atomic E-state index is 8.97. The fourth-order valence-electron chi connectivity index (χ4n) is 1.60. The number of aliphatic hydroxyl groups is 1. The van der Waals surface area contributed by atoms with Crippen molar-refractivity contribution in [1.82, 2.24) is 0 Å². The highest BCUT2D eigenvalue weighted by Crippen LogP contribution is 2.25. The van der Waals surface area contributed by atoms with Gasteiger partial charge in [-0.15, -0.1) is 0 Å². The SMILES string of the molecule is OCc1ccc(OCOCc2ccccc2)c(Cl)c1. The molecule has 100 valence electrons. The first-order valence-electron chi connectivity index (χ1n) is 5.93. The van der Waals surface area contributed by atoms with E-state index < -0.39 is 0 Å². The first-order chi connectivity index (χ1) is 9.29. The highest BCUT2D eigenvalue weighted by atomic mass is 35.5. The molecule has 1 N–H and O–H groups in total. The molecule has 4 heteroatoms. The summed E-state index contributed by atoms with van der Waals surface area (Å²) in [5, 5.41) is 9.44. The summed E-state index contributed by atoms with van der Waals surface area (Å²) in [6.45, 7) is 0.588. The summed E-state index contributed by atoms with van der Waals surface area (Å²) in [5.74, 6) is 0.548. The number of hydrogen-bond acceptors (Lipinski definition) is 3. The molecule has 19 heavy (non-hydrogen) atoms. The molecule has 0 aliphatic carbocycles. The van der Waals surface area contributed by atoms with Crippen LogP contribution in [-0.2, 0) is 18.0 Å². The summed E-state index contributed by atoms with van der Waals surface area (Å²) < 4.78 is 10.8. The van der Waals surface area contributed by atoms with E-state index >= 15 is 0 Å². The lowest BCUT2D eigenvalue weighted by Gasteiger charge is -2.09. The van der Waals surface area contributed by atoms with E-state index in [-0.39, 0.29) is 13.4 Å². The van der Waals surface area contributed by atoms with Gasteiger partial charge in [0, 0.05) is 0 Å². The van der Waals surface area contributed by atoms with Crippen LogP contribution in [0.15, 0.2) is 48.5 Å². The molecule has 0 amide bonds. The van der Waals surface area contributed by atoms with E-state index in [4.69, 9.17) is 26.2 Å². The third kappa shape index (κ3) is 4.24. The van der Waals surface area contributed by atoms with E-state index in [0.29, 0.717) is 17.4 Å². The lowest BCUT2D eigenvalue weighted by Crippen LogP contribution is -2.03. The Morgan fingerprint density at radius 3 is 2.47 bits per heavy atom. The number of aliphatic hydroxyl groups excluding tert-OH is 1. The molecule has 2 aromatic carbocycles. The predicted molar refractivity (Wildman–Crippen MR) is 74.1 cm³/mol. The number of rotatable bonds is 6. The molecule has 0 saturated heterocycles. The quantitative estimate of drug-likeness (QED) is 0.650. The van der Waals surface area contributed by atoms with Crippen LogP contribution in [0, 0.1) is 0 Å². The van der Waals surface area contributed by atoms with Gasteiger partial charge >= 0.3 is 0 Å². The van der Waals surface area contributed by atoms with Crippen LogP contribution in [0.5, 0.6) is 5.75 Å². The summed E-state index contributed by atoms with van der Waals surface area (Å²) in [5.41, 5.74) is 1.84. The lowest BCUT2D eigenvalue weighted by atomic mass is 10.2. The molecule has 0 atom stereocenters. The number of ether oxygens (including phenoxy) is 2. The van der Waals surface area contributed by atoms with Crippen LogP contribution >= 0.6 is 11.6 Å². The second-order valence-corrected chi connectivity index (χ2v) is 4.43. The Hall–Kier alpha value is -1.55. The van der Waals surface area contributed by atoms with Crippen LogP contribution in [0.3, 0.4) is 0 Å². The third-order valence-electron chi connectivity index (χ3n) is 2.59. The molecule has 0 spiro atoms. The largest absolute Gasteiger partial charge is 0.466 e. The molecule has 0 aromatic heterocycles. The molecule has 0 aliphatic heterocycles. The fourth-order valence-corrected chi connectivity index (χ4v) is 1.86. The second-order valence-electron chi connectivity index (χ2n) is 4.02. The van der Waals surface area contributed by atoms with E-state index in [2.05, 4.69) is 0 Å². The first-order valence-corrected chi connectivity index (χ1v) is 6.31. The summed E-state index contributed by atoms with van der Waals surface area (Å²) in [6, 6.07) is 15.0. The average Bonchev–Trinajstić information content (AvgIpc) is 2.46. The Kier molecular flexibility index (Phi) is 5.21. The molecule has 0 bridgehead atoms. The van der Waals surface area contributed by atoms with Gasteiger partial charge in [-0.2, -0.15) is 0 Å². The highest BCUT2D eigenvalue weighted by molar-refractivity contribution is 6.32. The maximum absolute atomic E-state index is 8.97. The van der Waals surface area contributed by atoms with Crippen LogP contribution in [-0.4, -0.2) is 11.9 Å². The fraction of sp³-hybridized carbons (Fsp3) is 0.200. The van der Waals surface area contributed by atoms with Gasteiger partial charge in [-0.1, -0.05) is 48.0 Å². The van der Waals surface area contributed by atoms with Gasteiger partial charge in [-0.3, -0.25) is 0 Å². The topological polar surface area (TPSA) is 38.7 Å². The van der Waals surface area contributed by atoms with Gasteiger partial charge in [-0.05, 0) is 23.3 Å². The molecule has 0 heterocycles. The normalized spacial score (nSPS) is 10.4. The zero-order valence-electron chi connectivity index (χ0n) is 10.4. The molecule has 0 unspecified atom stereocenters. The zero-order valence-corrected chi connectivity index (χ0v) is 11.1. The minimum Gasteiger partial charge on any atom is -0.466 e. The standard InChI is InChI=1S/C15H15ClO3/c16-14-8-13(9-17)6-7-15(14)19-11-18-10-12-4-2-1-3-5-12/h1-8,17H,9-11H2. The summed E-state index contributed by atoms with van der Waals surface area (Å²) in [7, 11) is 0. The van der Waals surface area contributed by atoms with Gasteiger partial charge in [0.25, 0.3) is 0 Å². The van der Waals surface area contributed by atoms with Crippen LogP contribution < -0.4 is 4.74 Å². The average molecular weight is 279 g/mol. The van der Waals surface area contributed by atoms with Crippen molar-refractivity contribution in [1.29, 1.82) is 0 Å². The molecule has 2 aromatic rings. The summed E-state index contributed by atoms with van der Waals surface area (Å²) in [6.07, 6.45) is 0. The van der Waals surface area contributed by atoms with Crippen molar-refractivity contribution in [2.75, 3.05) is 6.79 Å². The Balaban J connectivity index is 1.80. The Labute approximate surface area is 117 Å². The lowest BCUT2D eigenvalue weighted by molar-refractivity contribution is 0.00508. The minimum atomic E-state index is -0.0372. The molecule has 0 fully saturated rings. The van der Waals surface area contributed by atoms with Crippen LogP contribution in [0.4, 0.5) is 0 Å². The van der Waals surface area contributed by atoms with Crippen molar-refractivity contribution in [3.05, 3.63) is 64.7 Å². The van der Waals surface area contributed by atoms with Crippen LogP contribution in [0.25, 0.3) is 0 Å². The highest BCUT2D eigenvalue weighted by Gasteiger charge is 2.02. The predicted octanol–water partition coefficient (Wildman–Crippen LogP) is 3.39. The Morgan fingerprint density at radius 2 is 1.79 bits per heavy atom. The van der Waals surface area contributed by atoms with E-state index in [0.717, 1.165) is 11.1 Å². The summed E-state index contributed by atoms with van der Waals surface area (Å²) >= 11 is 6.01. The molecular weight excluding hydrogens is 264 g/mol. The Bertz CT molecular complexity index is 514. The maximum Gasteiger partial charge on any atom is 0.189 e. The van der Waals surface area contributed by atoms with Gasteiger partial charge in [0.15, 0.2) is 6.79 Å². The van der Waals surface area contributed by atoms with Gasteiger partial charge < -0.3 is 14.6 Å². The van der Waals surface area contributed by atoms with Gasteiger partial charge in [-0.25, -0.2) is 0 Å². The van der Waals surface area contributed by atoms with Crippen molar-refractivity contribution in [3.63, 3.8) is 0 Å². The number of hydrogen-bond donors (Lipinski definition) is 1. The van der Waals surface area contributed by atoms with Crippen molar-refractivity contribution >= 4 is 11.6 Å². The van der Waals surface area contributed by atoms with Crippen molar-refractivity contribution in [2.45, 2.75) is 13.2 Å². The zero-order chi connectivity index (χ0) is 13.5. The van der Waals surface area contributed by atoms with E-state index in [1.54, 1.807) is 18.2 Å². The number of halogens is 1. The molecule has 3 nitrogen and oxygen atoms in total. The number of benzene rings is 2. The van der Waals surface area contributed by atoms with Crippen molar-refractivity contribution in [2.24, 2.45) is 0 Å². The monoisotopic (exact) mass is 278 g/mol. The molecule has 0 radical (unpaired) electrons. The third-order valence-corrected chi connectivity index (χ3v) is 2.88.